The second-order valence-electron chi connectivity index (χ2n) is 4.99. The van der Waals surface area contributed by atoms with Crippen LogP contribution in [0.4, 0.5) is 17.1 Å². The number of para-hydroxylation sites is 1. The Morgan fingerprint density at radius 1 is 1.24 bits per heavy atom. The summed E-state index contributed by atoms with van der Waals surface area (Å²) in [5.74, 6) is 0. The molecule has 0 saturated heterocycles. The van der Waals surface area contributed by atoms with Gasteiger partial charge in [-0.15, -0.1) is 0 Å². The van der Waals surface area contributed by atoms with E-state index in [1.54, 1.807) is 12.1 Å². The van der Waals surface area contributed by atoms with Gasteiger partial charge < -0.3 is 10.2 Å². The Kier molecular flexibility index (Phi) is 4.42. The molecule has 0 amide bonds. The Bertz CT molecular complexity index is 656. The summed E-state index contributed by atoms with van der Waals surface area (Å²) in [6.07, 6.45) is 0. The summed E-state index contributed by atoms with van der Waals surface area (Å²) in [5, 5.41) is 14.0. The van der Waals surface area contributed by atoms with Crippen molar-refractivity contribution < 1.29 is 4.92 Å². The highest BCUT2D eigenvalue weighted by molar-refractivity contribution is 5.59. The lowest BCUT2D eigenvalue weighted by molar-refractivity contribution is -0.384. The molecule has 0 spiro atoms. The van der Waals surface area contributed by atoms with Crippen LogP contribution in [0.5, 0.6) is 0 Å². The van der Waals surface area contributed by atoms with Crippen LogP contribution in [0.1, 0.15) is 11.1 Å². The third-order valence-corrected chi connectivity index (χ3v) is 3.50. The van der Waals surface area contributed by atoms with E-state index < -0.39 is 0 Å². The molecule has 0 unspecified atom stereocenters. The fourth-order valence-electron chi connectivity index (χ4n) is 2.40. The van der Waals surface area contributed by atoms with Gasteiger partial charge in [0.1, 0.15) is 0 Å². The maximum Gasteiger partial charge on any atom is 0.269 e. The molecular weight excluding hydrogens is 266 g/mol. The van der Waals surface area contributed by atoms with Crippen LogP contribution in [-0.2, 0) is 6.54 Å². The first-order valence-electron chi connectivity index (χ1n) is 6.74. The van der Waals surface area contributed by atoms with Crippen LogP contribution in [0.15, 0.2) is 42.5 Å². The number of nitro groups is 1. The number of hydrogen-bond acceptors (Lipinski definition) is 4. The summed E-state index contributed by atoms with van der Waals surface area (Å²) in [7, 11) is 3.80. The highest BCUT2D eigenvalue weighted by Crippen LogP contribution is 2.26. The second kappa shape index (κ2) is 6.26. The number of aryl methyl sites for hydroxylation is 1. The lowest BCUT2D eigenvalue weighted by Gasteiger charge is -2.22. The molecule has 2 aromatic carbocycles. The van der Waals surface area contributed by atoms with Crippen LogP contribution >= 0.6 is 0 Å². The number of nitrogens with zero attached hydrogens (tertiary/aromatic N) is 2. The van der Waals surface area contributed by atoms with Crippen LogP contribution < -0.4 is 10.2 Å². The normalized spacial score (nSPS) is 10.2. The van der Waals surface area contributed by atoms with Gasteiger partial charge in [-0.3, -0.25) is 10.1 Å². The molecule has 0 heterocycles. The predicted molar refractivity (Wildman–Crippen MR) is 85.9 cm³/mol. The lowest BCUT2D eigenvalue weighted by Crippen LogP contribution is -2.18. The first kappa shape index (κ1) is 14.8. The average molecular weight is 285 g/mol. The third-order valence-electron chi connectivity index (χ3n) is 3.50. The number of nitro benzene ring substituents is 1. The Morgan fingerprint density at radius 3 is 2.57 bits per heavy atom. The van der Waals surface area contributed by atoms with Crippen LogP contribution in [0, 0.1) is 17.0 Å². The van der Waals surface area contributed by atoms with Gasteiger partial charge in [0.2, 0.25) is 0 Å². The van der Waals surface area contributed by atoms with Gasteiger partial charge >= 0.3 is 0 Å². The van der Waals surface area contributed by atoms with Gasteiger partial charge in [-0.25, -0.2) is 0 Å². The summed E-state index contributed by atoms with van der Waals surface area (Å²) >= 11 is 0. The van der Waals surface area contributed by atoms with Gasteiger partial charge in [0.25, 0.3) is 5.69 Å². The SMILES string of the molecule is CNc1ccc([N+](=O)[O-])cc1CN(C)c1ccccc1C. The van der Waals surface area contributed by atoms with E-state index >= 15 is 0 Å². The maximum atomic E-state index is 10.9. The van der Waals surface area contributed by atoms with E-state index in [4.69, 9.17) is 0 Å². The minimum atomic E-state index is -0.364. The molecule has 110 valence electrons. The number of nitrogens with one attached hydrogen (secondary N) is 1. The number of anilines is 2. The molecule has 5 heteroatoms. The van der Waals surface area contributed by atoms with E-state index in [1.165, 1.54) is 11.6 Å². The van der Waals surface area contributed by atoms with Crippen molar-refractivity contribution in [1.82, 2.24) is 0 Å². The van der Waals surface area contributed by atoms with E-state index in [-0.39, 0.29) is 10.6 Å². The summed E-state index contributed by atoms with van der Waals surface area (Å²) < 4.78 is 0. The van der Waals surface area contributed by atoms with Gasteiger partial charge in [0.15, 0.2) is 0 Å². The van der Waals surface area contributed by atoms with Crippen molar-refractivity contribution in [1.29, 1.82) is 0 Å². The molecule has 0 radical (unpaired) electrons. The largest absolute Gasteiger partial charge is 0.388 e. The van der Waals surface area contributed by atoms with Crippen molar-refractivity contribution in [2.75, 3.05) is 24.3 Å². The number of rotatable bonds is 5. The minimum absolute atomic E-state index is 0.113. The first-order valence-corrected chi connectivity index (χ1v) is 6.74. The lowest BCUT2D eigenvalue weighted by atomic mass is 10.1. The minimum Gasteiger partial charge on any atom is -0.388 e. The monoisotopic (exact) mass is 285 g/mol. The molecule has 2 rings (SSSR count). The number of benzene rings is 2. The summed E-state index contributed by atoms with van der Waals surface area (Å²) in [6.45, 7) is 2.65. The molecule has 21 heavy (non-hydrogen) atoms. The quantitative estimate of drug-likeness (QED) is 0.674. The highest BCUT2D eigenvalue weighted by atomic mass is 16.6. The van der Waals surface area contributed by atoms with Gasteiger partial charge in [-0.2, -0.15) is 0 Å². The molecule has 0 aliphatic carbocycles. The topological polar surface area (TPSA) is 58.4 Å². The third kappa shape index (κ3) is 3.31. The number of non-ortho nitro benzene ring substituents is 1. The molecular formula is C16H19N3O2. The van der Waals surface area contributed by atoms with Crippen molar-refractivity contribution >= 4 is 17.1 Å². The van der Waals surface area contributed by atoms with Gasteiger partial charge in [0, 0.05) is 49.7 Å². The fourth-order valence-corrected chi connectivity index (χ4v) is 2.40. The average Bonchev–Trinajstić information content (AvgIpc) is 2.47. The summed E-state index contributed by atoms with van der Waals surface area (Å²) in [4.78, 5) is 12.7. The van der Waals surface area contributed by atoms with Crippen molar-refractivity contribution in [3.05, 3.63) is 63.7 Å². The highest BCUT2D eigenvalue weighted by Gasteiger charge is 2.13. The van der Waals surface area contributed by atoms with Gasteiger partial charge in [0.05, 0.1) is 4.92 Å². The maximum absolute atomic E-state index is 10.9. The zero-order chi connectivity index (χ0) is 15.4. The smallest absolute Gasteiger partial charge is 0.269 e. The Labute approximate surface area is 124 Å². The molecule has 0 aromatic heterocycles. The predicted octanol–water partition coefficient (Wildman–Crippen LogP) is 3.58. The Morgan fingerprint density at radius 2 is 1.95 bits per heavy atom. The molecule has 0 atom stereocenters. The molecule has 1 N–H and O–H groups in total. The first-order chi connectivity index (χ1) is 10.0. The van der Waals surface area contributed by atoms with E-state index in [2.05, 4.69) is 23.2 Å². The number of hydrogen-bond donors (Lipinski definition) is 1. The Hall–Kier alpha value is -2.56. The Balaban J connectivity index is 2.31. The van der Waals surface area contributed by atoms with Crippen molar-refractivity contribution in [2.45, 2.75) is 13.5 Å². The molecule has 0 saturated carbocycles. The molecule has 2 aromatic rings. The zero-order valence-electron chi connectivity index (χ0n) is 12.5. The van der Waals surface area contributed by atoms with Crippen LogP contribution in [0.2, 0.25) is 0 Å². The zero-order valence-corrected chi connectivity index (χ0v) is 12.5. The van der Waals surface area contributed by atoms with E-state index in [0.29, 0.717) is 6.54 Å². The molecule has 0 aliphatic rings. The van der Waals surface area contributed by atoms with Crippen LogP contribution in [0.3, 0.4) is 0 Å². The standard InChI is InChI=1S/C16H19N3O2/c1-12-6-4-5-7-16(12)18(3)11-13-10-14(19(20)21)8-9-15(13)17-2/h4-10,17H,11H2,1-3H3. The molecule has 0 bridgehead atoms. The second-order valence-corrected chi connectivity index (χ2v) is 4.99. The van der Waals surface area contributed by atoms with E-state index in [9.17, 15) is 10.1 Å². The van der Waals surface area contributed by atoms with Gasteiger partial charge in [-0.1, -0.05) is 18.2 Å². The van der Waals surface area contributed by atoms with E-state index in [1.807, 2.05) is 32.3 Å². The fraction of sp³-hybridized carbons (Fsp3) is 0.250. The summed E-state index contributed by atoms with van der Waals surface area (Å²) in [6, 6.07) is 13.0. The van der Waals surface area contributed by atoms with Crippen molar-refractivity contribution in [3.8, 4) is 0 Å². The molecule has 0 aliphatic heterocycles. The van der Waals surface area contributed by atoms with E-state index in [0.717, 1.165) is 16.9 Å². The van der Waals surface area contributed by atoms with Gasteiger partial charge in [-0.05, 0) is 24.6 Å². The van der Waals surface area contributed by atoms with Crippen molar-refractivity contribution in [2.24, 2.45) is 0 Å². The van der Waals surface area contributed by atoms with Crippen molar-refractivity contribution in [3.63, 3.8) is 0 Å². The molecule has 5 nitrogen and oxygen atoms in total. The van der Waals surface area contributed by atoms with Crippen LogP contribution in [0.25, 0.3) is 0 Å². The summed E-state index contributed by atoms with van der Waals surface area (Å²) in [5.41, 5.74) is 4.21. The molecule has 0 fully saturated rings. The van der Waals surface area contributed by atoms with Crippen LogP contribution in [-0.4, -0.2) is 19.0 Å².